The Morgan fingerprint density at radius 3 is 1.42 bits per heavy atom. The number of fused-ring (bicyclic) bond motifs is 6. The van der Waals surface area contributed by atoms with Crippen LogP contribution in [-0.2, 0) is 0 Å². The quantitative estimate of drug-likeness (QED) is 0.162. The van der Waals surface area contributed by atoms with Gasteiger partial charge >= 0.3 is 0 Å². The zero-order chi connectivity index (χ0) is 46.1. The standard InChI is InChI=1S/C45H42B15N3OS/c46-26-19(28(48)35(55)30(50)21(26)22-31(51)37(57)32(52)23-24-33(53)38(58)39(59)40(60)42(24)65-41(22)23)20-27(47)25(34(54)36(56)29(20)49)45-62-43(13-6-2-1-3-7-13)61-44(63-45)14-10-11-16-15-8-4-5-9-17(15)64-18(16)12-14/h1-12H,46-60H2. The maximum absolute atomic E-state index is 6.37. The second-order valence-electron chi connectivity index (χ2n) is 18.7. The minimum atomic E-state index is 0.615. The van der Waals surface area contributed by atoms with Crippen LogP contribution in [-0.4, -0.2) is 133 Å². The van der Waals surface area contributed by atoms with Crippen LogP contribution in [0.1, 0.15) is 0 Å². The summed E-state index contributed by atoms with van der Waals surface area (Å²) >= 11 is 2.00. The summed E-state index contributed by atoms with van der Waals surface area (Å²) in [5, 5.41) is 5.03. The molecule has 0 N–H and O–H groups in total. The minimum Gasteiger partial charge on any atom is -0.456 e. The molecule has 0 atom stereocenters. The molecular weight excluding hydrogens is 793 g/mol. The van der Waals surface area contributed by atoms with Crippen LogP contribution in [0.25, 0.3) is 98.5 Å². The molecular formula is C45H42B15N3OS. The van der Waals surface area contributed by atoms with Crippen LogP contribution < -0.4 is 81.9 Å². The van der Waals surface area contributed by atoms with Crippen LogP contribution in [0.15, 0.2) is 77.2 Å². The number of furan rings is 1. The van der Waals surface area contributed by atoms with Gasteiger partial charge in [0.25, 0.3) is 0 Å². The average molecular weight is 835 g/mol. The van der Waals surface area contributed by atoms with E-state index in [1.54, 1.807) is 0 Å². The van der Waals surface area contributed by atoms with Crippen molar-refractivity contribution >= 4 is 253 Å². The first-order chi connectivity index (χ1) is 31.0. The lowest BCUT2D eigenvalue weighted by Crippen LogP contribution is -2.51. The second-order valence-corrected chi connectivity index (χ2v) is 19.8. The highest BCUT2D eigenvalue weighted by atomic mass is 32.1. The van der Waals surface area contributed by atoms with Gasteiger partial charge in [-0.1, -0.05) is 109 Å². The second kappa shape index (κ2) is 15.9. The first-order valence-electron chi connectivity index (χ1n) is 22.9. The fraction of sp³-hybridized carbons (Fsp3) is 0. The van der Waals surface area contributed by atoms with E-state index in [2.05, 4.69) is 160 Å². The number of nitrogens with zero attached hydrogens (tertiary/aromatic N) is 3. The maximum Gasteiger partial charge on any atom is 0.164 e. The molecule has 65 heavy (non-hydrogen) atoms. The van der Waals surface area contributed by atoms with Crippen LogP contribution >= 0.6 is 11.3 Å². The van der Waals surface area contributed by atoms with Crippen molar-refractivity contribution < 1.29 is 4.42 Å². The first-order valence-corrected chi connectivity index (χ1v) is 23.7. The van der Waals surface area contributed by atoms with Gasteiger partial charge in [-0.2, -0.15) is 0 Å². The minimum absolute atomic E-state index is 0.615. The molecule has 0 amide bonds. The van der Waals surface area contributed by atoms with Gasteiger partial charge in [0.2, 0.25) is 0 Å². The Balaban J connectivity index is 1.25. The Kier molecular flexibility index (Phi) is 10.6. The number of thiophene rings is 1. The first kappa shape index (κ1) is 43.4. The molecule has 0 aliphatic rings. The highest BCUT2D eigenvalue weighted by Crippen LogP contribution is 2.36. The molecule has 10 rings (SSSR count). The molecule has 7 aromatic carbocycles. The third-order valence-electron chi connectivity index (χ3n) is 15.7. The molecule has 0 unspecified atom stereocenters. The lowest BCUT2D eigenvalue weighted by molar-refractivity contribution is 0.669. The summed E-state index contributed by atoms with van der Waals surface area (Å²) in [4.78, 5) is 15.9. The Morgan fingerprint density at radius 1 is 0.323 bits per heavy atom. The summed E-state index contributed by atoms with van der Waals surface area (Å²) in [6.07, 6.45) is 0. The summed E-state index contributed by atoms with van der Waals surface area (Å²) in [7, 11) is 34.7. The highest BCUT2D eigenvalue weighted by Gasteiger charge is 2.28. The number of para-hydroxylation sites is 1. The summed E-state index contributed by atoms with van der Waals surface area (Å²) < 4.78 is 9.19. The van der Waals surface area contributed by atoms with Crippen LogP contribution in [0.4, 0.5) is 0 Å². The SMILES string of the molecule is Bc1c(B)c(-c2nc(-c3ccccc3)nc(-c3ccc4c(c3)oc3ccccc34)n2)c(B)c(-c2c(B)c(B)c(B)c(-c3c(B)c(B)c(B)c4c3sc3c(B)c(B)c(B)c(B)c34)c2B)c1B. The van der Waals surface area contributed by atoms with Crippen molar-refractivity contribution in [1.82, 2.24) is 15.0 Å². The van der Waals surface area contributed by atoms with E-state index in [1.807, 2.05) is 41.7 Å². The fourth-order valence-corrected chi connectivity index (χ4v) is 12.6. The van der Waals surface area contributed by atoms with Gasteiger partial charge in [-0.25, -0.2) is 15.0 Å². The Hall–Kier alpha value is -5.46. The lowest BCUT2D eigenvalue weighted by atomic mass is 9.56. The van der Waals surface area contributed by atoms with Crippen molar-refractivity contribution in [3.63, 3.8) is 0 Å². The van der Waals surface area contributed by atoms with Gasteiger partial charge in [0, 0.05) is 36.9 Å². The fourth-order valence-electron chi connectivity index (χ4n) is 11.0. The third kappa shape index (κ3) is 6.44. The molecule has 20 heteroatoms. The zero-order valence-corrected chi connectivity index (χ0v) is 41.4. The molecule has 0 saturated carbocycles. The molecule has 10 aromatic rings. The molecule has 4 nitrogen and oxygen atoms in total. The summed E-state index contributed by atoms with van der Waals surface area (Å²) in [5.74, 6) is 1.93. The normalized spacial score (nSPS) is 11.7. The molecule has 294 valence electrons. The van der Waals surface area contributed by atoms with Gasteiger partial charge in [-0.3, -0.25) is 0 Å². The molecule has 0 radical (unpaired) electrons. The van der Waals surface area contributed by atoms with E-state index < -0.39 is 0 Å². The van der Waals surface area contributed by atoms with E-state index in [4.69, 9.17) is 19.4 Å². The number of aromatic nitrogens is 3. The topological polar surface area (TPSA) is 51.8 Å². The van der Waals surface area contributed by atoms with Crippen molar-refractivity contribution in [3.05, 3.63) is 72.8 Å². The molecule has 0 aliphatic carbocycles. The number of benzene rings is 7. The van der Waals surface area contributed by atoms with Crippen LogP contribution in [0.3, 0.4) is 0 Å². The van der Waals surface area contributed by atoms with E-state index in [9.17, 15) is 0 Å². The summed E-state index contributed by atoms with van der Waals surface area (Å²) in [5.41, 5.74) is 29.8. The van der Waals surface area contributed by atoms with Crippen molar-refractivity contribution in [2.24, 2.45) is 0 Å². The Morgan fingerprint density at radius 2 is 0.769 bits per heavy atom. The molecule has 3 heterocycles. The van der Waals surface area contributed by atoms with Crippen molar-refractivity contribution in [1.29, 1.82) is 0 Å². The average Bonchev–Trinajstić information content (AvgIpc) is 3.90. The largest absolute Gasteiger partial charge is 0.456 e. The summed E-state index contributed by atoms with van der Waals surface area (Å²) in [6.45, 7) is 0. The number of hydrogen-bond acceptors (Lipinski definition) is 5. The van der Waals surface area contributed by atoms with Gasteiger partial charge in [0.15, 0.2) is 17.5 Å². The maximum atomic E-state index is 6.37. The Labute approximate surface area is 399 Å². The van der Waals surface area contributed by atoms with Gasteiger partial charge in [-0.05, 0) is 51.2 Å². The molecule has 0 spiro atoms. The predicted octanol–water partition coefficient (Wildman–Crippen LogP) is -13.7. The molecule has 0 bridgehead atoms. The van der Waals surface area contributed by atoms with Gasteiger partial charge in [0.1, 0.15) is 129 Å². The van der Waals surface area contributed by atoms with E-state index >= 15 is 0 Å². The van der Waals surface area contributed by atoms with Gasteiger partial charge < -0.3 is 4.42 Å². The molecule has 3 aromatic heterocycles. The van der Waals surface area contributed by atoms with Crippen molar-refractivity contribution in [3.8, 4) is 56.4 Å². The van der Waals surface area contributed by atoms with Crippen LogP contribution in [0.2, 0.25) is 0 Å². The molecule has 0 fully saturated rings. The van der Waals surface area contributed by atoms with Crippen molar-refractivity contribution in [2.75, 3.05) is 0 Å². The van der Waals surface area contributed by atoms with Gasteiger partial charge in [0.05, 0.1) is 0 Å². The summed E-state index contributed by atoms with van der Waals surface area (Å²) in [6, 6.07) is 24.8. The van der Waals surface area contributed by atoms with E-state index in [-0.39, 0.29) is 0 Å². The Bertz CT molecular complexity index is 3740. The van der Waals surface area contributed by atoms with Crippen LogP contribution in [0, 0.1) is 0 Å². The molecule has 0 aliphatic heterocycles. The molecule has 0 saturated heterocycles. The smallest absolute Gasteiger partial charge is 0.164 e. The van der Waals surface area contributed by atoms with Crippen LogP contribution in [0.5, 0.6) is 0 Å². The number of hydrogen-bond donors (Lipinski definition) is 0. The van der Waals surface area contributed by atoms with E-state index in [0.29, 0.717) is 17.5 Å². The zero-order valence-electron chi connectivity index (χ0n) is 40.6. The highest BCUT2D eigenvalue weighted by molar-refractivity contribution is 7.28. The van der Waals surface area contributed by atoms with E-state index in [1.165, 1.54) is 124 Å². The lowest BCUT2D eigenvalue weighted by Gasteiger charge is -2.29. The van der Waals surface area contributed by atoms with Crippen molar-refractivity contribution in [2.45, 2.75) is 0 Å². The number of rotatable bonds is 5. The van der Waals surface area contributed by atoms with E-state index in [0.717, 1.165) is 38.6 Å². The predicted molar refractivity (Wildman–Crippen MR) is 330 cm³/mol. The van der Waals surface area contributed by atoms with Gasteiger partial charge in [-0.15, -0.1) is 38.7 Å². The monoisotopic (exact) mass is 837 g/mol. The third-order valence-corrected chi connectivity index (χ3v) is 17.0.